The average Bonchev–Trinajstić information content (AvgIpc) is 2.79. The third-order valence-electron chi connectivity index (χ3n) is 4.60. The topological polar surface area (TPSA) is 93.7 Å². The first-order valence-electron chi connectivity index (χ1n) is 10.6. The molecule has 1 unspecified atom stereocenters. The highest BCUT2D eigenvalue weighted by atomic mass is 32.2. The zero-order valence-electron chi connectivity index (χ0n) is 18.8. The molecule has 2 N–H and O–H groups in total. The van der Waals surface area contributed by atoms with Gasteiger partial charge >= 0.3 is 0 Å². The summed E-state index contributed by atoms with van der Waals surface area (Å²) >= 11 is 1.56. The molecule has 9 heteroatoms. The van der Waals surface area contributed by atoms with Crippen molar-refractivity contribution < 1.29 is 22.7 Å². The highest BCUT2D eigenvalue weighted by Crippen LogP contribution is 2.28. The van der Waals surface area contributed by atoms with Gasteiger partial charge in [0, 0.05) is 6.54 Å². The minimum absolute atomic E-state index is 0.139. The Morgan fingerprint density at radius 3 is 2.38 bits per heavy atom. The molecule has 0 aliphatic carbocycles. The quantitative estimate of drug-likeness (QED) is 0.431. The first-order valence-corrected chi connectivity index (χ1v) is 13.5. The summed E-state index contributed by atoms with van der Waals surface area (Å²) < 4.78 is 39.1. The number of amides is 1. The zero-order valence-corrected chi connectivity index (χ0v) is 20.4. The maximum Gasteiger partial charge on any atom is 0.241 e. The van der Waals surface area contributed by atoms with Gasteiger partial charge in [0.05, 0.1) is 18.1 Å². The molecule has 0 heterocycles. The van der Waals surface area contributed by atoms with E-state index in [1.54, 1.807) is 30.0 Å². The van der Waals surface area contributed by atoms with Crippen LogP contribution in [0.1, 0.15) is 25.8 Å². The van der Waals surface area contributed by atoms with Gasteiger partial charge in [-0.1, -0.05) is 24.3 Å². The molecule has 1 atom stereocenters. The van der Waals surface area contributed by atoms with E-state index in [2.05, 4.69) is 10.0 Å². The largest absolute Gasteiger partial charge is 0.490 e. The lowest BCUT2D eigenvalue weighted by Crippen LogP contribution is -2.47. The average molecular weight is 481 g/mol. The lowest BCUT2D eigenvalue weighted by molar-refractivity contribution is -0.122. The van der Waals surface area contributed by atoms with Gasteiger partial charge in [-0.2, -0.15) is 16.5 Å². The number of sulfonamides is 1. The van der Waals surface area contributed by atoms with Crippen LogP contribution in [0.5, 0.6) is 11.5 Å². The molecule has 0 spiro atoms. The van der Waals surface area contributed by atoms with Gasteiger partial charge in [-0.05, 0) is 68.5 Å². The van der Waals surface area contributed by atoms with Crippen molar-refractivity contribution in [3.05, 3.63) is 54.1 Å². The van der Waals surface area contributed by atoms with E-state index in [1.807, 2.05) is 38.3 Å². The molecule has 0 saturated heterocycles. The van der Waals surface area contributed by atoms with E-state index >= 15 is 0 Å². The van der Waals surface area contributed by atoms with Crippen LogP contribution in [0, 0.1) is 0 Å². The lowest BCUT2D eigenvalue weighted by atomic mass is 10.1. The molecule has 176 valence electrons. The van der Waals surface area contributed by atoms with Crippen LogP contribution in [0.25, 0.3) is 0 Å². The monoisotopic (exact) mass is 480 g/mol. The molecule has 0 radical (unpaired) electrons. The summed E-state index contributed by atoms with van der Waals surface area (Å²) in [5.41, 5.74) is 0.989. The Morgan fingerprint density at radius 1 is 1.03 bits per heavy atom. The molecule has 2 aromatic carbocycles. The molecule has 0 aromatic heterocycles. The van der Waals surface area contributed by atoms with Crippen LogP contribution in [0.3, 0.4) is 0 Å². The second kappa shape index (κ2) is 13.3. The van der Waals surface area contributed by atoms with Gasteiger partial charge in [-0.3, -0.25) is 4.79 Å². The summed E-state index contributed by atoms with van der Waals surface area (Å²) in [6.45, 7) is 5.28. The van der Waals surface area contributed by atoms with E-state index in [9.17, 15) is 13.2 Å². The summed E-state index contributed by atoms with van der Waals surface area (Å²) in [6.07, 6.45) is 2.90. The zero-order chi connectivity index (χ0) is 23.4. The summed E-state index contributed by atoms with van der Waals surface area (Å²) in [4.78, 5) is 12.9. The van der Waals surface area contributed by atoms with Gasteiger partial charge < -0.3 is 14.8 Å². The van der Waals surface area contributed by atoms with Gasteiger partial charge in [-0.25, -0.2) is 8.42 Å². The fraction of sp³-hybridized carbons (Fsp3) is 0.435. The Bertz CT molecular complexity index is 952. The summed E-state index contributed by atoms with van der Waals surface area (Å²) in [5, 5.41) is 2.86. The molecule has 2 rings (SSSR count). The van der Waals surface area contributed by atoms with Crippen LogP contribution in [0.15, 0.2) is 53.4 Å². The smallest absolute Gasteiger partial charge is 0.241 e. The molecule has 0 saturated carbocycles. The third kappa shape index (κ3) is 8.03. The minimum Gasteiger partial charge on any atom is -0.490 e. The standard InChI is InChI=1S/C23H32N2O5S2/c1-4-29-21-12-11-18(17-22(21)30-5-2)13-15-24-23(26)20(14-16-31-3)25-32(27,28)19-9-7-6-8-10-19/h6-12,17,20,25H,4-5,13-16H2,1-3H3,(H,24,26). The second-order valence-electron chi connectivity index (χ2n) is 6.96. The van der Waals surface area contributed by atoms with Crippen LogP contribution in [-0.2, 0) is 21.2 Å². The Balaban J connectivity index is 2.00. The predicted molar refractivity (Wildman–Crippen MR) is 129 cm³/mol. The Hall–Kier alpha value is -2.23. The van der Waals surface area contributed by atoms with Gasteiger partial charge in [0.15, 0.2) is 11.5 Å². The summed E-state index contributed by atoms with van der Waals surface area (Å²) in [7, 11) is -3.78. The fourth-order valence-electron chi connectivity index (χ4n) is 3.04. The van der Waals surface area contributed by atoms with Crippen molar-refractivity contribution in [1.29, 1.82) is 0 Å². The molecule has 1 amide bonds. The van der Waals surface area contributed by atoms with Crippen LogP contribution in [0.2, 0.25) is 0 Å². The van der Waals surface area contributed by atoms with Crippen molar-refractivity contribution in [2.45, 2.75) is 37.6 Å². The second-order valence-corrected chi connectivity index (χ2v) is 9.66. The normalized spacial score (nSPS) is 12.2. The first kappa shape index (κ1) is 26.0. The maximum atomic E-state index is 12.8. The molecule has 0 aliphatic rings. The van der Waals surface area contributed by atoms with E-state index in [1.165, 1.54) is 12.1 Å². The number of nitrogens with one attached hydrogen (secondary N) is 2. The van der Waals surface area contributed by atoms with Crippen LogP contribution in [-0.4, -0.2) is 52.1 Å². The number of thioether (sulfide) groups is 1. The molecule has 7 nitrogen and oxygen atoms in total. The van der Waals surface area contributed by atoms with Crippen molar-refractivity contribution >= 4 is 27.7 Å². The molecular weight excluding hydrogens is 448 g/mol. The molecule has 0 fully saturated rings. The van der Waals surface area contributed by atoms with E-state index in [0.29, 0.717) is 49.9 Å². The van der Waals surface area contributed by atoms with Gasteiger partial charge in [-0.15, -0.1) is 0 Å². The van der Waals surface area contributed by atoms with E-state index in [4.69, 9.17) is 9.47 Å². The Labute approximate surface area is 195 Å². The van der Waals surface area contributed by atoms with Crippen LogP contribution >= 0.6 is 11.8 Å². The van der Waals surface area contributed by atoms with Crippen LogP contribution in [0.4, 0.5) is 0 Å². The molecule has 2 aromatic rings. The number of carbonyl (C=O) groups excluding carboxylic acids is 1. The van der Waals surface area contributed by atoms with Crippen molar-refractivity contribution in [3.63, 3.8) is 0 Å². The highest BCUT2D eigenvalue weighted by Gasteiger charge is 2.25. The highest BCUT2D eigenvalue weighted by molar-refractivity contribution is 7.98. The van der Waals surface area contributed by atoms with Gasteiger partial charge in [0.25, 0.3) is 0 Å². The summed E-state index contributed by atoms with van der Waals surface area (Å²) in [6, 6.07) is 12.9. The number of carbonyl (C=O) groups is 1. The SMILES string of the molecule is CCOc1ccc(CCNC(=O)C(CCSC)NS(=O)(=O)c2ccccc2)cc1OCC. The van der Waals surface area contributed by atoms with E-state index < -0.39 is 16.1 Å². The first-order chi connectivity index (χ1) is 15.4. The van der Waals surface area contributed by atoms with Crippen LogP contribution < -0.4 is 19.5 Å². The molecular formula is C23H32N2O5S2. The van der Waals surface area contributed by atoms with Crippen molar-refractivity contribution in [3.8, 4) is 11.5 Å². The van der Waals surface area contributed by atoms with E-state index in [0.717, 1.165) is 5.56 Å². The number of rotatable bonds is 14. The van der Waals surface area contributed by atoms with Crippen molar-refractivity contribution in [2.75, 3.05) is 31.8 Å². The number of hydrogen-bond donors (Lipinski definition) is 2. The predicted octanol–water partition coefficient (Wildman–Crippen LogP) is 3.24. The van der Waals surface area contributed by atoms with Gasteiger partial charge in [0.2, 0.25) is 15.9 Å². The minimum atomic E-state index is -3.78. The third-order valence-corrected chi connectivity index (χ3v) is 6.73. The maximum absolute atomic E-state index is 12.8. The molecule has 32 heavy (non-hydrogen) atoms. The molecule has 0 bridgehead atoms. The molecule has 0 aliphatic heterocycles. The van der Waals surface area contributed by atoms with E-state index in [-0.39, 0.29) is 10.8 Å². The number of benzene rings is 2. The van der Waals surface area contributed by atoms with Crippen molar-refractivity contribution in [1.82, 2.24) is 10.0 Å². The summed E-state index contributed by atoms with van der Waals surface area (Å²) in [5.74, 6) is 1.68. The number of hydrogen-bond acceptors (Lipinski definition) is 6. The fourth-order valence-corrected chi connectivity index (χ4v) is 4.76. The lowest BCUT2D eigenvalue weighted by Gasteiger charge is -2.18. The van der Waals surface area contributed by atoms with Crippen molar-refractivity contribution in [2.24, 2.45) is 0 Å². The Kier molecular flexibility index (Phi) is 10.9. The number of ether oxygens (including phenoxy) is 2. The van der Waals surface area contributed by atoms with Gasteiger partial charge in [0.1, 0.15) is 6.04 Å². The Morgan fingerprint density at radius 2 is 1.72 bits per heavy atom.